The largest absolute Gasteiger partial charge is 0.462 e. The standard InChI is InChI=1S/C19H15NO2S/c1-2-22-19(21)17-11-15-13-8-9-20-18(13)14(10-16(15)23-17)12-6-4-3-5-7-12/h3-11,20H,2H2,1H3. The molecular formula is C19H15NO2S. The summed E-state index contributed by atoms with van der Waals surface area (Å²) < 4.78 is 6.23. The van der Waals surface area contributed by atoms with E-state index in [2.05, 4.69) is 29.2 Å². The lowest BCUT2D eigenvalue weighted by molar-refractivity contribution is 0.0532. The number of benzene rings is 2. The summed E-state index contributed by atoms with van der Waals surface area (Å²) in [5.74, 6) is -0.251. The summed E-state index contributed by atoms with van der Waals surface area (Å²) in [7, 11) is 0. The molecule has 2 aromatic heterocycles. The van der Waals surface area contributed by atoms with Gasteiger partial charge in [-0.3, -0.25) is 0 Å². The summed E-state index contributed by atoms with van der Waals surface area (Å²) >= 11 is 1.48. The Hall–Kier alpha value is -2.59. The maximum atomic E-state index is 12.0. The molecule has 0 fully saturated rings. The van der Waals surface area contributed by atoms with Crippen molar-refractivity contribution < 1.29 is 9.53 Å². The fourth-order valence-electron chi connectivity index (χ4n) is 2.89. The van der Waals surface area contributed by atoms with Gasteiger partial charge in [0, 0.05) is 27.2 Å². The Morgan fingerprint density at radius 1 is 1.13 bits per heavy atom. The summed E-state index contributed by atoms with van der Waals surface area (Å²) in [6.07, 6.45) is 1.94. The van der Waals surface area contributed by atoms with Crippen molar-refractivity contribution in [2.45, 2.75) is 6.92 Å². The second-order valence-corrected chi connectivity index (χ2v) is 6.38. The van der Waals surface area contributed by atoms with E-state index in [0.717, 1.165) is 32.1 Å². The maximum Gasteiger partial charge on any atom is 0.348 e. The minimum absolute atomic E-state index is 0.251. The van der Waals surface area contributed by atoms with E-state index in [1.807, 2.05) is 37.4 Å². The van der Waals surface area contributed by atoms with Crippen molar-refractivity contribution in [3.63, 3.8) is 0 Å². The zero-order chi connectivity index (χ0) is 15.8. The monoisotopic (exact) mass is 321 g/mol. The smallest absolute Gasteiger partial charge is 0.348 e. The van der Waals surface area contributed by atoms with E-state index in [9.17, 15) is 4.79 Å². The van der Waals surface area contributed by atoms with Gasteiger partial charge in [0.2, 0.25) is 0 Å². The minimum Gasteiger partial charge on any atom is -0.462 e. The van der Waals surface area contributed by atoms with Crippen LogP contribution < -0.4 is 0 Å². The van der Waals surface area contributed by atoms with Gasteiger partial charge in [-0.05, 0) is 30.7 Å². The highest BCUT2D eigenvalue weighted by atomic mass is 32.1. The Balaban J connectivity index is 1.98. The van der Waals surface area contributed by atoms with E-state index in [1.165, 1.54) is 11.3 Å². The number of nitrogens with one attached hydrogen (secondary N) is 1. The first-order valence-corrected chi connectivity index (χ1v) is 8.35. The zero-order valence-electron chi connectivity index (χ0n) is 12.6. The lowest BCUT2D eigenvalue weighted by Gasteiger charge is -2.05. The quantitative estimate of drug-likeness (QED) is 0.525. The van der Waals surface area contributed by atoms with Gasteiger partial charge in [-0.25, -0.2) is 4.79 Å². The number of thiophene rings is 1. The van der Waals surface area contributed by atoms with E-state index in [1.54, 1.807) is 0 Å². The summed E-state index contributed by atoms with van der Waals surface area (Å²) in [5.41, 5.74) is 3.40. The first kappa shape index (κ1) is 14.0. The lowest BCUT2D eigenvalue weighted by Crippen LogP contribution is -2.01. The molecule has 114 valence electrons. The molecule has 0 amide bonds. The van der Waals surface area contributed by atoms with Crippen LogP contribution in [0.15, 0.2) is 54.7 Å². The van der Waals surface area contributed by atoms with Gasteiger partial charge in [-0.15, -0.1) is 11.3 Å². The molecular weight excluding hydrogens is 306 g/mol. The third kappa shape index (κ3) is 2.32. The molecule has 1 N–H and O–H groups in total. The Bertz CT molecular complexity index is 998. The average molecular weight is 321 g/mol. The second kappa shape index (κ2) is 5.56. The summed E-state index contributed by atoms with van der Waals surface area (Å²) in [6.45, 7) is 2.21. The molecule has 0 unspecified atom stereocenters. The number of aromatic nitrogens is 1. The molecule has 0 radical (unpaired) electrons. The van der Waals surface area contributed by atoms with Gasteiger partial charge in [0.1, 0.15) is 4.88 Å². The highest BCUT2D eigenvalue weighted by molar-refractivity contribution is 7.21. The van der Waals surface area contributed by atoms with E-state index >= 15 is 0 Å². The molecule has 0 aliphatic heterocycles. The van der Waals surface area contributed by atoms with Crippen LogP contribution in [0.2, 0.25) is 0 Å². The van der Waals surface area contributed by atoms with Crippen LogP contribution in [0.25, 0.3) is 32.1 Å². The first-order chi connectivity index (χ1) is 11.3. The average Bonchev–Trinajstić information content (AvgIpc) is 3.21. The van der Waals surface area contributed by atoms with Crippen molar-refractivity contribution in [1.29, 1.82) is 0 Å². The van der Waals surface area contributed by atoms with Crippen molar-refractivity contribution in [2.24, 2.45) is 0 Å². The molecule has 0 bridgehead atoms. The van der Waals surface area contributed by atoms with Gasteiger partial charge in [0.05, 0.1) is 12.1 Å². The summed E-state index contributed by atoms with van der Waals surface area (Å²) in [6, 6.07) is 16.4. The van der Waals surface area contributed by atoms with Crippen LogP contribution >= 0.6 is 11.3 Å². The number of esters is 1. The third-order valence-electron chi connectivity index (χ3n) is 3.90. The van der Waals surface area contributed by atoms with Crippen LogP contribution in [-0.4, -0.2) is 17.6 Å². The Labute approximate surface area is 137 Å². The number of fused-ring (bicyclic) bond motifs is 3. The number of carbonyl (C=O) groups is 1. The molecule has 0 aliphatic rings. The SMILES string of the molecule is CCOC(=O)c1cc2c(cc(-c3ccccc3)c3[nH]ccc32)s1. The van der Waals surface area contributed by atoms with Gasteiger partial charge in [0.25, 0.3) is 0 Å². The molecule has 2 aromatic carbocycles. The fourth-order valence-corrected chi connectivity index (χ4v) is 3.90. The number of carbonyl (C=O) groups excluding carboxylic acids is 1. The summed E-state index contributed by atoms with van der Waals surface area (Å²) in [4.78, 5) is 16.0. The minimum atomic E-state index is -0.251. The number of rotatable bonds is 3. The Kier molecular flexibility index (Phi) is 3.39. The highest BCUT2D eigenvalue weighted by Gasteiger charge is 2.16. The van der Waals surface area contributed by atoms with E-state index in [0.29, 0.717) is 11.5 Å². The number of aromatic amines is 1. The predicted octanol–water partition coefficient (Wildman–Crippen LogP) is 5.23. The van der Waals surface area contributed by atoms with Crippen LogP contribution in [0, 0.1) is 0 Å². The topological polar surface area (TPSA) is 42.1 Å². The Morgan fingerprint density at radius 2 is 1.96 bits per heavy atom. The molecule has 4 heteroatoms. The predicted molar refractivity (Wildman–Crippen MR) is 95.1 cm³/mol. The zero-order valence-corrected chi connectivity index (χ0v) is 13.4. The molecule has 0 saturated heterocycles. The maximum absolute atomic E-state index is 12.0. The van der Waals surface area contributed by atoms with Crippen molar-refractivity contribution in [3.8, 4) is 11.1 Å². The Morgan fingerprint density at radius 3 is 2.74 bits per heavy atom. The number of hydrogen-bond donors (Lipinski definition) is 1. The van der Waals surface area contributed by atoms with Gasteiger partial charge in [-0.1, -0.05) is 30.3 Å². The van der Waals surface area contributed by atoms with Crippen LogP contribution in [0.1, 0.15) is 16.6 Å². The van der Waals surface area contributed by atoms with Crippen molar-refractivity contribution in [3.05, 3.63) is 59.6 Å². The number of ether oxygens (including phenoxy) is 1. The highest BCUT2D eigenvalue weighted by Crippen LogP contribution is 2.38. The van der Waals surface area contributed by atoms with Gasteiger partial charge in [-0.2, -0.15) is 0 Å². The second-order valence-electron chi connectivity index (χ2n) is 5.30. The molecule has 0 aliphatic carbocycles. The molecule has 0 atom stereocenters. The molecule has 0 spiro atoms. The molecule has 4 aromatic rings. The van der Waals surface area contributed by atoms with Crippen LogP contribution in [-0.2, 0) is 4.74 Å². The van der Waals surface area contributed by atoms with E-state index in [4.69, 9.17) is 4.74 Å². The van der Waals surface area contributed by atoms with Gasteiger partial charge in [0.15, 0.2) is 0 Å². The molecule has 4 rings (SSSR count). The van der Waals surface area contributed by atoms with Gasteiger partial charge >= 0.3 is 5.97 Å². The molecule has 23 heavy (non-hydrogen) atoms. The van der Waals surface area contributed by atoms with Crippen molar-refractivity contribution >= 4 is 38.3 Å². The van der Waals surface area contributed by atoms with Crippen molar-refractivity contribution in [1.82, 2.24) is 4.98 Å². The fraction of sp³-hybridized carbons (Fsp3) is 0.105. The van der Waals surface area contributed by atoms with Crippen LogP contribution in [0.4, 0.5) is 0 Å². The molecule has 0 saturated carbocycles. The number of hydrogen-bond acceptors (Lipinski definition) is 3. The van der Waals surface area contributed by atoms with Crippen molar-refractivity contribution in [2.75, 3.05) is 6.61 Å². The molecule has 2 heterocycles. The normalized spacial score (nSPS) is 11.2. The lowest BCUT2D eigenvalue weighted by atomic mass is 10.0. The summed E-state index contributed by atoms with van der Waals surface area (Å²) in [5, 5.41) is 2.22. The number of H-pyrrole nitrogens is 1. The molecule has 3 nitrogen and oxygen atoms in total. The van der Waals surface area contributed by atoms with Crippen LogP contribution in [0.5, 0.6) is 0 Å². The van der Waals surface area contributed by atoms with Gasteiger partial charge < -0.3 is 9.72 Å². The van der Waals surface area contributed by atoms with E-state index in [-0.39, 0.29) is 5.97 Å². The van der Waals surface area contributed by atoms with E-state index < -0.39 is 0 Å². The van der Waals surface area contributed by atoms with Crippen LogP contribution in [0.3, 0.4) is 0 Å². The third-order valence-corrected chi connectivity index (χ3v) is 4.97. The first-order valence-electron chi connectivity index (χ1n) is 7.54.